The Bertz CT molecular complexity index is 515. The zero-order valence-corrected chi connectivity index (χ0v) is 13.3. The Morgan fingerprint density at radius 1 is 1.60 bits per heavy atom. The second kappa shape index (κ2) is 7.72. The van der Waals surface area contributed by atoms with Crippen molar-refractivity contribution in [1.29, 1.82) is 0 Å². The summed E-state index contributed by atoms with van der Waals surface area (Å²) in [6, 6.07) is 2.18. The molecule has 3 N–H and O–H groups in total. The van der Waals surface area contributed by atoms with Gasteiger partial charge in [0.15, 0.2) is 0 Å². The number of amides is 1. The van der Waals surface area contributed by atoms with Gasteiger partial charge >= 0.3 is 0 Å². The maximum Gasteiger partial charge on any atom is 0.262 e. The van der Waals surface area contributed by atoms with Gasteiger partial charge in [-0.05, 0) is 37.0 Å². The highest BCUT2D eigenvalue weighted by molar-refractivity contribution is 7.99. The third-order valence-electron chi connectivity index (χ3n) is 3.49. The van der Waals surface area contributed by atoms with Crippen LogP contribution >= 0.6 is 23.1 Å². The fourth-order valence-electron chi connectivity index (χ4n) is 2.47. The zero-order valence-electron chi connectivity index (χ0n) is 11.6. The predicted molar refractivity (Wildman–Crippen MR) is 87.3 cm³/mol. The largest absolute Gasteiger partial charge is 0.349 e. The monoisotopic (exact) mass is 308 g/mol. The van der Waals surface area contributed by atoms with Crippen molar-refractivity contribution < 1.29 is 4.79 Å². The highest BCUT2D eigenvalue weighted by atomic mass is 32.2. The summed E-state index contributed by atoms with van der Waals surface area (Å²) in [4.78, 5) is 13.1. The third kappa shape index (κ3) is 4.02. The molecule has 1 aliphatic carbocycles. The molecule has 1 aromatic heterocycles. The Kier molecular flexibility index (Phi) is 5.96. The van der Waals surface area contributed by atoms with Crippen LogP contribution in [-0.4, -0.2) is 30.0 Å². The fraction of sp³-hybridized carbons (Fsp3) is 0.533. The first-order chi connectivity index (χ1) is 9.74. The summed E-state index contributed by atoms with van der Waals surface area (Å²) in [6.07, 6.45) is 6.76. The minimum Gasteiger partial charge on any atom is -0.349 e. The van der Waals surface area contributed by atoms with Gasteiger partial charge in [-0.3, -0.25) is 4.79 Å². The van der Waals surface area contributed by atoms with Crippen LogP contribution < -0.4 is 11.1 Å². The van der Waals surface area contributed by atoms with Gasteiger partial charge in [-0.2, -0.15) is 11.8 Å². The molecule has 1 aromatic rings. The first-order valence-corrected chi connectivity index (χ1v) is 9.01. The highest BCUT2D eigenvalue weighted by Crippen LogP contribution is 2.27. The van der Waals surface area contributed by atoms with Crippen LogP contribution in [0.15, 0.2) is 11.4 Å². The zero-order chi connectivity index (χ0) is 14.4. The molecule has 1 aliphatic rings. The summed E-state index contributed by atoms with van der Waals surface area (Å²) in [5.41, 5.74) is 6.17. The second-order valence-electron chi connectivity index (χ2n) is 4.86. The van der Waals surface area contributed by atoms with Crippen molar-refractivity contribution in [2.24, 2.45) is 5.73 Å². The number of thiophene rings is 1. The molecule has 5 heteroatoms. The van der Waals surface area contributed by atoms with E-state index in [0.717, 1.165) is 18.4 Å². The number of carbonyl (C=O) groups is 1. The Hall–Kier alpha value is -0.960. The van der Waals surface area contributed by atoms with Crippen LogP contribution in [0.25, 0.3) is 0 Å². The lowest BCUT2D eigenvalue weighted by atomic mass is 9.95. The topological polar surface area (TPSA) is 55.1 Å². The number of hydrogen-bond acceptors (Lipinski definition) is 4. The van der Waals surface area contributed by atoms with E-state index in [1.807, 2.05) is 23.2 Å². The van der Waals surface area contributed by atoms with Crippen LogP contribution in [0.4, 0.5) is 0 Å². The van der Waals surface area contributed by atoms with Crippen molar-refractivity contribution in [3.8, 4) is 11.8 Å². The molecule has 2 unspecified atom stereocenters. The first-order valence-electron chi connectivity index (χ1n) is 6.84. The van der Waals surface area contributed by atoms with Crippen LogP contribution in [0.3, 0.4) is 0 Å². The van der Waals surface area contributed by atoms with Crippen LogP contribution in [0.5, 0.6) is 0 Å². The van der Waals surface area contributed by atoms with E-state index in [1.54, 1.807) is 0 Å². The summed E-state index contributed by atoms with van der Waals surface area (Å²) in [7, 11) is 0. The van der Waals surface area contributed by atoms with Crippen molar-refractivity contribution in [2.75, 3.05) is 12.8 Å². The highest BCUT2D eigenvalue weighted by Gasteiger charge is 2.24. The Labute approximate surface area is 128 Å². The average molecular weight is 308 g/mol. The van der Waals surface area contributed by atoms with Crippen molar-refractivity contribution in [2.45, 2.75) is 37.0 Å². The van der Waals surface area contributed by atoms with Gasteiger partial charge in [-0.25, -0.2) is 0 Å². The van der Waals surface area contributed by atoms with Gasteiger partial charge in [-0.15, -0.1) is 11.3 Å². The molecule has 2 atom stereocenters. The van der Waals surface area contributed by atoms with Crippen LogP contribution in [0.1, 0.15) is 40.9 Å². The molecule has 0 saturated heterocycles. The summed E-state index contributed by atoms with van der Waals surface area (Å²) in [5, 5.41) is 5.74. The molecule has 108 valence electrons. The van der Waals surface area contributed by atoms with Gasteiger partial charge in [0.2, 0.25) is 0 Å². The SMILES string of the molecule is CSC1CCCC(NC(=O)c2sccc2C#CCN)C1. The Morgan fingerprint density at radius 2 is 2.45 bits per heavy atom. The molecular formula is C15H20N2OS2. The first kappa shape index (κ1) is 15.4. The quantitative estimate of drug-likeness (QED) is 0.843. The molecule has 1 fully saturated rings. The molecule has 2 rings (SSSR count). The van der Waals surface area contributed by atoms with E-state index in [4.69, 9.17) is 5.73 Å². The van der Waals surface area contributed by atoms with Crippen LogP contribution in [-0.2, 0) is 0 Å². The minimum absolute atomic E-state index is 0.00748. The smallest absolute Gasteiger partial charge is 0.262 e. The number of carbonyl (C=O) groups excluding carboxylic acids is 1. The number of thioether (sulfide) groups is 1. The average Bonchev–Trinajstić information content (AvgIpc) is 2.93. The molecule has 20 heavy (non-hydrogen) atoms. The maximum atomic E-state index is 12.3. The van der Waals surface area contributed by atoms with Gasteiger partial charge in [0.1, 0.15) is 4.88 Å². The number of rotatable bonds is 3. The van der Waals surface area contributed by atoms with E-state index in [2.05, 4.69) is 23.4 Å². The number of nitrogens with two attached hydrogens (primary N) is 1. The molecule has 0 aliphatic heterocycles. The normalized spacial score (nSPS) is 21.9. The molecule has 0 aromatic carbocycles. The van der Waals surface area contributed by atoms with E-state index in [1.165, 1.54) is 24.2 Å². The lowest BCUT2D eigenvalue weighted by molar-refractivity contribution is 0.0932. The summed E-state index contributed by atoms with van der Waals surface area (Å²) in [5.74, 6) is 5.78. The third-order valence-corrected chi connectivity index (χ3v) is 5.50. The van der Waals surface area contributed by atoms with E-state index in [9.17, 15) is 4.79 Å². The Morgan fingerprint density at radius 3 is 3.20 bits per heavy atom. The van der Waals surface area contributed by atoms with E-state index < -0.39 is 0 Å². The van der Waals surface area contributed by atoms with Crippen molar-refractivity contribution in [3.63, 3.8) is 0 Å². The van der Waals surface area contributed by atoms with Gasteiger partial charge in [0, 0.05) is 16.9 Å². The predicted octanol–water partition coefficient (Wildman–Crippen LogP) is 2.46. The fourth-order valence-corrected chi connectivity index (χ4v) is 4.05. The standard InChI is InChI=1S/C15H20N2OS2/c1-19-13-6-2-5-12(10-13)17-15(18)14-11(4-3-8-16)7-9-20-14/h7,9,12-13H,2,5-6,8,10,16H2,1H3,(H,17,18). The minimum atomic E-state index is 0.00748. The maximum absolute atomic E-state index is 12.3. The molecule has 0 radical (unpaired) electrons. The number of hydrogen-bond donors (Lipinski definition) is 2. The van der Waals surface area contributed by atoms with E-state index >= 15 is 0 Å². The van der Waals surface area contributed by atoms with Crippen LogP contribution in [0, 0.1) is 11.8 Å². The molecule has 0 spiro atoms. The van der Waals surface area contributed by atoms with Gasteiger partial charge < -0.3 is 11.1 Å². The molecule has 1 amide bonds. The lowest BCUT2D eigenvalue weighted by Gasteiger charge is -2.28. The van der Waals surface area contributed by atoms with Crippen molar-refractivity contribution in [1.82, 2.24) is 5.32 Å². The molecule has 1 heterocycles. The van der Waals surface area contributed by atoms with Crippen LogP contribution in [0.2, 0.25) is 0 Å². The Balaban J connectivity index is 1.99. The van der Waals surface area contributed by atoms with Crippen molar-refractivity contribution in [3.05, 3.63) is 21.9 Å². The summed E-state index contributed by atoms with van der Waals surface area (Å²) >= 11 is 3.35. The molecule has 3 nitrogen and oxygen atoms in total. The summed E-state index contributed by atoms with van der Waals surface area (Å²) < 4.78 is 0. The molecular weight excluding hydrogens is 288 g/mol. The van der Waals surface area contributed by atoms with E-state index in [-0.39, 0.29) is 5.91 Å². The lowest BCUT2D eigenvalue weighted by Crippen LogP contribution is -2.39. The summed E-state index contributed by atoms with van der Waals surface area (Å²) in [6.45, 7) is 0.314. The molecule has 1 saturated carbocycles. The van der Waals surface area contributed by atoms with Gasteiger partial charge in [0.25, 0.3) is 5.91 Å². The second-order valence-corrected chi connectivity index (χ2v) is 6.92. The van der Waals surface area contributed by atoms with E-state index in [0.29, 0.717) is 22.7 Å². The molecule has 0 bridgehead atoms. The van der Waals surface area contributed by atoms with Gasteiger partial charge in [0.05, 0.1) is 6.54 Å². The van der Waals surface area contributed by atoms with Gasteiger partial charge in [-0.1, -0.05) is 18.3 Å². The van der Waals surface area contributed by atoms with Crippen molar-refractivity contribution >= 4 is 29.0 Å². The number of nitrogens with one attached hydrogen (secondary N) is 1.